The van der Waals surface area contributed by atoms with Crippen LogP contribution in [0.2, 0.25) is 0 Å². The van der Waals surface area contributed by atoms with Crippen molar-refractivity contribution in [3.63, 3.8) is 0 Å². The zero-order valence-electron chi connectivity index (χ0n) is 19.4. The third-order valence-corrected chi connectivity index (χ3v) is 5.56. The Balaban J connectivity index is 1.65. The summed E-state index contributed by atoms with van der Waals surface area (Å²) in [6, 6.07) is 12.2. The van der Waals surface area contributed by atoms with Crippen molar-refractivity contribution in [1.29, 1.82) is 0 Å². The summed E-state index contributed by atoms with van der Waals surface area (Å²) in [4.78, 5) is 37.1. The number of hydrogen-bond acceptors (Lipinski definition) is 7. The van der Waals surface area contributed by atoms with Crippen molar-refractivity contribution >= 4 is 29.5 Å². The Kier molecular flexibility index (Phi) is 7.33. The number of amides is 2. The molecular formula is C25H26N2O8. The maximum absolute atomic E-state index is 13.0. The van der Waals surface area contributed by atoms with Crippen molar-refractivity contribution < 1.29 is 38.4 Å². The summed E-state index contributed by atoms with van der Waals surface area (Å²) in [5.74, 6) is -1.27. The molecule has 2 atom stereocenters. The first-order valence-corrected chi connectivity index (χ1v) is 11.2. The molecule has 10 nitrogen and oxygen atoms in total. The largest absolute Gasteiger partial charge is 0.493 e. The van der Waals surface area contributed by atoms with E-state index in [-0.39, 0.29) is 19.0 Å². The van der Waals surface area contributed by atoms with E-state index in [4.69, 9.17) is 18.9 Å². The lowest BCUT2D eigenvalue weighted by molar-refractivity contribution is -0.148. The first-order valence-electron chi connectivity index (χ1n) is 11.2. The number of nitrogens with one attached hydrogen (secondary N) is 1. The Morgan fingerprint density at radius 3 is 2.66 bits per heavy atom. The quantitative estimate of drug-likeness (QED) is 0.413. The highest BCUT2D eigenvalue weighted by Gasteiger charge is 2.37. The molecule has 2 aliphatic heterocycles. The number of aliphatic carboxylic acids is 1. The molecule has 0 saturated carbocycles. The number of benzene rings is 2. The first-order chi connectivity index (χ1) is 16.9. The van der Waals surface area contributed by atoms with Crippen molar-refractivity contribution in [3.05, 3.63) is 59.2 Å². The topological polar surface area (TPSA) is 124 Å². The van der Waals surface area contributed by atoms with Crippen LogP contribution in [-0.4, -0.2) is 55.1 Å². The van der Waals surface area contributed by atoms with E-state index in [2.05, 4.69) is 5.43 Å². The van der Waals surface area contributed by atoms with Gasteiger partial charge in [-0.25, -0.2) is 9.80 Å². The van der Waals surface area contributed by atoms with Crippen LogP contribution in [0.1, 0.15) is 24.5 Å². The van der Waals surface area contributed by atoms with Crippen molar-refractivity contribution in [2.45, 2.75) is 32.5 Å². The number of hydrogen-bond donors (Lipinski definition) is 2. The summed E-state index contributed by atoms with van der Waals surface area (Å²) in [6.07, 6.45) is 0.280. The fraction of sp³-hybridized carbons (Fsp3) is 0.320. The maximum Gasteiger partial charge on any atom is 0.335 e. The van der Waals surface area contributed by atoms with Gasteiger partial charge in [0.1, 0.15) is 36.6 Å². The van der Waals surface area contributed by atoms with E-state index in [0.29, 0.717) is 34.9 Å². The van der Waals surface area contributed by atoms with Gasteiger partial charge in [0.05, 0.1) is 12.3 Å². The molecule has 2 N–H and O–H groups in total. The average molecular weight is 482 g/mol. The number of carbonyl (C=O) groups is 3. The number of hydrazine groups is 1. The maximum atomic E-state index is 13.0. The number of ether oxygens (including phenoxy) is 4. The third kappa shape index (κ3) is 5.13. The molecule has 0 aliphatic carbocycles. The van der Waals surface area contributed by atoms with E-state index in [0.717, 1.165) is 6.42 Å². The third-order valence-electron chi connectivity index (χ3n) is 5.56. The minimum Gasteiger partial charge on any atom is -0.493 e. The zero-order valence-corrected chi connectivity index (χ0v) is 19.4. The molecule has 2 heterocycles. The SMILES string of the molecule is CCCOc1ccc(/C=C2\C(=O)NN(c3ccccc3)C2=O)c(OC[C@@H]2OCO[C@@H]2C(=O)O)c1C. The lowest BCUT2D eigenvalue weighted by Gasteiger charge is -2.19. The number of carboxylic acid groups (broad SMARTS) is 1. The van der Waals surface area contributed by atoms with Crippen LogP contribution >= 0.6 is 0 Å². The summed E-state index contributed by atoms with van der Waals surface area (Å²) < 4.78 is 22.2. The van der Waals surface area contributed by atoms with Gasteiger partial charge in [0.25, 0.3) is 11.8 Å². The second kappa shape index (κ2) is 10.6. The molecule has 0 spiro atoms. The van der Waals surface area contributed by atoms with Crippen LogP contribution in [0.25, 0.3) is 6.08 Å². The van der Waals surface area contributed by atoms with Gasteiger partial charge in [-0.3, -0.25) is 15.0 Å². The van der Waals surface area contributed by atoms with E-state index in [1.807, 2.05) is 13.0 Å². The van der Waals surface area contributed by atoms with Gasteiger partial charge in [0, 0.05) is 11.1 Å². The van der Waals surface area contributed by atoms with Crippen molar-refractivity contribution in [2.24, 2.45) is 0 Å². The summed E-state index contributed by atoms with van der Waals surface area (Å²) >= 11 is 0. The van der Waals surface area contributed by atoms with Crippen molar-refractivity contribution in [1.82, 2.24) is 5.43 Å². The van der Waals surface area contributed by atoms with Gasteiger partial charge in [-0.05, 0) is 43.7 Å². The van der Waals surface area contributed by atoms with E-state index in [1.165, 1.54) is 11.1 Å². The molecule has 2 aliphatic rings. The van der Waals surface area contributed by atoms with E-state index in [1.54, 1.807) is 43.3 Å². The van der Waals surface area contributed by atoms with Crippen LogP contribution in [0.3, 0.4) is 0 Å². The Hall–Kier alpha value is -3.89. The van der Waals surface area contributed by atoms with Gasteiger partial charge >= 0.3 is 5.97 Å². The number of carboxylic acids is 1. The Bertz CT molecular complexity index is 1150. The second-order valence-electron chi connectivity index (χ2n) is 7.99. The normalized spacial score (nSPS) is 20.9. The van der Waals surface area contributed by atoms with Crippen LogP contribution in [0, 0.1) is 6.92 Å². The summed E-state index contributed by atoms with van der Waals surface area (Å²) in [7, 11) is 0. The lowest BCUT2D eigenvalue weighted by Crippen LogP contribution is -2.35. The van der Waals surface area contributed by atoms with Crippen LogP contribution in [0.5, 0.6) is 11.5 Å². The molecule has 0 bridgehead atoms. The molecule has 2 aromatic carbocycles. The van der Waals surface area contributed by atoms with Crippen LogP contribution in [-0.2, 0) is 23.9 Å². The van der Waals surface area contributed by atoms with Crippen LogP contribution in [0.15, 0.2) is 48.0 Å². The van der Waals surface area contributed by atoms with Crippen LogP contribution in [0.4, 0.5) is 5.69 Å². The fourth-order valence-corrected chi connectivity index (χ4v) is 3.77. The van der Waals surface area contributed by atoms with Gasteiger partial charge in [-0.15, -0.1) is 0 Å². The number of nitrogens with zero attached hydrogens (tertiary/aromatic N) is 1. The summed E-state index contributed by atoms with van der Waals surface area (Å²) in [5.41, 5.74) is 4.14. The molecule has 4 rings (SSSR count). The van der Waals surface area contributed by atoms with Crippen molar-refractivity contribution in [3.8, 4) is 11.5 Å². The number of rotatable bonds is 9. The molecule has 0 unspecified atom stereocenters. The minimum absolute atomic E-state index is 0.0656. The standard InChI is InChI=1S/C25H26N2O8/c1-3-11-32-19-10-9-16(21(15(19)2)33-13-20-22(25(30)31)35-14-34-20)12-18-23(28)26-27(24(18)29)17-7-5-4-6-8-17/h4-10,12,20,22H,3,11,13-14H2,1-2H3,(H,26,28)(H,30,31)/b18-12+/t20-,22-/m0/s1. The average Bonchev–Trinajstić information content (AvgIpc) is 3.44. The molecule has 2 saturated heterocycles. The Morgan fingerprint density at radius 1 is 1.17 bits per heavy atom. The highest BCUT2D eigenvalue weighted by molar-refractivity contribution is 6.31. The van der Waals surface area contributed by atoms with Crippen LogP contribution < -0.4 is 19.9 Å². The summed E-state index contributed by atoms with van der Waals surface area (Å²) in [5, 5.41) is 10.5. The number of para-hydroxylation sites is 1. The van der Waals surface area contributed by atoms with Gasteiger partial charge in [0.2, 0.25) is 0 Å². The molecule has 2 amide bonds. The first kappa shape index (κ1) is 24.2. The molecule has 0 aromatic heterocycles. The van der Waals surface area contributed by atoms with E-state index < -0.39 is 30.0 Å². The van der Waals surface area contributed by atoms with E-state index in [9.17, 15) is 19.5 Å². The van der Waals surface area contributed by atoms with Gasteiger partial charge < -0.3 is 24.1 Å². The molecule has 0 radical (unpaired) electrons. The minimum atomic E-state index is -1.15. The fourth-order valence-electron chi connectivity index (χ4n) is 3.77. The molecule has 10 heteroatoms. The molecular weight excluding hydrogens is 456 g/mol. The van der Waals surface area contributed by atoms with Gasteiger partial charge in [0.15, 0.2) is 6.10 Å². The van der Waals surface area contributed by atoms with Gasteiger partial charge in [-0.2, -0.15) is 0 Å². The predicted octanol–water partition coefficient (Wildman–Crippen LogP) is 2.45. The Morgan fingerprint density at radius 2 is 1.94 bits per heavy atom. The molecule has 2 aromatic rings. The number of anilines is 1. The monoisotopic (exact) mass is 482 g/mol. The molecule has 184 valence electrons. The van der Waals surface area contributed by atoms with Gasteiger partial charge in [-0.1, -0.05) is 25.1 Å². The second-order valence-corrected chi connectivity index (χ2v) is 7.99. The highest BCUT2D eigenvalue weighted by Crippen LogP contribution is 2.35. The summed E-state index contributed by atoms with van der Waals surface area (Å²) in [6.45, 7) is 4.01. The number of carbonyl (C=O) groups excluding carboxylic acids is 2. The molecule has 2 fully saturated rings. The Labute approximate surface area is 202 Å². The smallest absolute Gasteiger partial charge is 0.335 e. The highest BCUT2D eigenvalue weighted by atomic mass is 16.7. The van der Waals surface area contributed by atoms with Crippen molar-refractivity contribution in [2.75, 3.05) is 25.0 Å². The predicted molar refractivity (Wildman–Crippen MR) is 125 cm³/mol. The lowest BCUT2D eigenvalue weighted by atomic mass is 10.0. The van der Waals surface area contributed by atoms with E-state index >= 15 is 0 Å². The zero-order chi connectivity index (χ0) is 24.9. The molecule has 35 heavy (non-hydrogen) atoms.